The zero-order valence-electron chi connectivity index (χ0n) is 13.8. The molecule has 1 fully saturated rings. The number of amides is 2. The SMILES string of the molecule is CC(=O)CCC(=O)N1CCC(NC(=O)c2cccc(C)c2)CC1. The molecule has 0 bridgehead atoms. The summed E-state index contributed by atoms with van der Waals surface area (Å²) in [4.78, 5) is 36.9. The van der Waals surface area contributed by atoms with E-state index in [0.717, 1.165) is 18.4 Å². The Hall–Kier alpha value is -2.17. The van der Waals surface area contributed by atoms with Gasteiger partial charge in [0.2, 0.25) is 5.91 Å². The number of nitrogens with zero attached hydrogens (tertiary/aromatic N) is 1. The van der Waals surface area contributed by atoms with Crippen molar-refractivity contribution in [2.45, 2.75) is 45.6 Å². The fourth-order valence-electron chi connectivity index (χ4n) is 2.77. The number of ketones is 1. The molecule has 0 spiro atoms. The quantitative estimate of drug-likeness (QED) is 0.904. The molecule has 1 N–H and O–H groups in total. The van der Waals surface area contributed by atoms with Crippen molar-refractivity contribution in [2.75, 3.05) is 13.1 Å². The average Bonchev–Trinajstić information content (AvgIpc) is 2.53. The number of benzene rings is 1. The maximum absolute atomic E-state index is 12.2. The highest BCUT2D eigenvalue weighted by molar-refractivity contribution is 5.94. The highest BCUT2D eigenvalue weighted by Crippen LogP contribution is 2.13. The lowest BCUT2D eigenvalue weighted by Crippen LogP contribution is -2.46. The third-order valence-electron chi connectivity index (χ3n) is 4.15. The molecule has 2 amide bonds. The fourth-order valence-corrected chi connectivity index (χ4v) is 2.77. The lowest BCUT2D eigenvalue weighted by molar-refractivity contribution is -0.133. The van der Waals surface area contributed by atoms with E-state index in [-0.39, 0.29) is 30.1 Å². The van der Waals surface area contributed by atoms with Crippen LogP contribution >= 0.6 is 0 Å². The minimum Gasteiger partial charge on any atom is -0.349 e. The second-order valence-corrected chi connectivity index (χ2v) is 6.20. The number of carbonyl (C=O) groups is 3. The highest BCUT2D eigenvalue weighted by atomic mass is 16.2. The normalized spacial score (nSPS) is 15.3. The molecule has 1 aliphatic heterocycles. The Labute approximate surface area is 137 Å². The van der Waals surface area contributed by atoms with Crippen LogP contribution in [-0.4, -0.2) is 41.6 Å². The van der Waals surface area contributed by atoms with Crippen LogP contribution < -0.4 is 5.32 Å². The lowest BCUT2D eigenvalue weighted by atomic mass is 10.0. The number of rotatable bonds is 5. The predicted octanol–water partition coefficient (Wildman–Crippen LogP) is 2.09. The summed E-state index contributed by atoms with van der Waals surface area (Å²) in [6.07, 6.45) is 2.10. The van der Waals surface area contributed by atoms with E-state index in [1.54, 1.807) is 4.90 Å². The van der Waals surface area contributed by atoms with Gasteiger partial charge < -0.3 is 15.0 Å². The number of likely N-dealkylation sites (tertiary alicyclic amines) is 1. The van der Waals surface area contributed by atoms with Gasteiger partial charge in [-0.2, -0.15) is 0 Å². The zero-order chi connectivity index (χ0) is 16.8. The molecule has 23 heavy (non-hydrogen) atoms. The number of Topliss-reactive ketones (excluding diaryl/α,β-unsaturated/α-hetero) is 1. The topological polar surface area (TPSA) is 66.5 Å². The summed E-state index contributed by atoms with van der Waals surface area (Å²) in [7, 11) is 0. The molecule has 0 aliphatic carbocycles. The summed E-state index contributed by atoms with van der Waals surface area (Å²) in [6.45, 7) is 4.73. The first-order chi connectivity index (χ1) is 11.0. The first-order valence-electron chi connectivity index (χ1n) is 8.10. The Bertz CT molecular complexity index is 590. The molecule has 0 radical (unpaired) electrons. The van der Waals surface area contributed by atoms with Crippen molar-refractivity contribution in [3.63, 3.8) is 0 Å². The van der Waals surface area contributed by atoms with Crippen LogP contribution in [0.3, 0.4) is 0 Å². The number of aryl methyl sites for hydroxylation is 1. The average molecular weight is 316 g/mol. The summed E-state index contributed by atoms with van der Waals surface area (Å²) in [5.41, 5.74) is 1.73. The van der Waals surface area contributed by atoms with E-state index in [2.05, 4.69) is 5.32 Å². The van der Waals surface area contributed by atoms with Gasteiger partial charge in [-0.05, 0) is 38.8 Å². The van der Waals surface area contributed by atoms with E-state index >= 15 is 0 Å². The van der Waals surface area contributed by atoms with Crippen LogP contribution in [0.5, 0.6) is 0 Å². The molecule has 1 aliphatic rings. The Kier molecular flexibility index (Phi) is 5.90. The second-order valence-electron chi connectivity index (χ2n) is 6.20. The Balaban J connectivity index is 1.79. The first kappa shape index (κ1) is 17.2. The molecule has 1 heterocycles. The van der Waals surface area contributed by atoms with E-state index in [0.29, 0.717) is 25.1 Å². The number of hydrogen-bond acceptors (Lipinski definition) is 3. The molecule has 0 saturated carbocycles. The molecular formula is C18H24N2O3. The molecule has 0 unspecified atom stereocenters. The molecule has 1 saturated heterocycles. The molecule has 0 aromatic heterocycles. The van der Waals surface area contributed by atoms with Crippen LogP contribution in [0.4, 0.5) is 0 Å². The summed E-state index contributed by atoms with van der Waals surface area (Å²) in [5.74, 6) is 0.0115. The summed E-state index contributed by atoms with van der Waals surface area (Å²) < 4.78 is 0. The Morgan fingerprint density at radius 1 is 1.17 bits per heavy atom. The van der Waals surface area contributed by atoms with Gasteiger partial charge in [-0.15, -0.1) is 0 Å². The van der Waals surface area contributed by atoms with Crippen molar-refractivity contribution in [3.8, 4) is 0 Å². The number of nitrogens with one attached hydrogen (secondary N) is 1. The van der Waals surface area contributed by atoms with Gasteiger partial charge in [0.1, 0.15) is 5.78 Å². The van der Waals surface area contributed by atoms with Gasteiger partial charge in [0.15, 0.2) is 0 Å². The van der Waals surface area contributed by atoms with Crippen LogP contribution in [0, 0.1) is 6.92 Å². The van der Waals surface area contributed by atoms with Gasteiger partial charge in [-0.1, -0.05) is 17.7 Å². The van der Waals surface area contributed by atoms with Crippen molar-refractivity contribution < 1.29 is 14.4 Å². The van der Waals surface area contributed by atoms with Crippen molar-refractivity contribution in [1.82, 2.24) is 10.2 Å². The number of hydrogen-bond donors (Lipinski definition) is 1. The summed E-state index contributed by atoms with van der Waals surface area (Å²) >= 11 is 0. The van der Waals surface area contributed by atoms with Crippen LogP contribution in [-0.2, 0) is 9.59 Å². The van der Waals surface area contributed by atoms with Gasteiger partial charge in [0.25, 0.3) is 5.91 Å². The van der Waals surface area contributed by atoms with Crippen molar-refractivity contribution in [3.05, 3.63) is 35.4 Å². The van der Waals surface area contributed by atoms with Crippen LogP contribution in [0.15, 0.2) is 24.3 Å². The minimum atomic E-state index is -0.0601. The zero-order valence-corrected chi connectivity index (χ0v) is 13.8. The lowest BCUT2D eigenvalue weighted by Gasteiger charge is -2.32. The molecule has 1 aromatic rings. The second kappa shape index (κ2) is 7.90. The maximum Gasteiger partial charge on any atom is 0.251 e. The number of carbonyl (C=O) groups excluding carboxylic acids is 3. The molecule has 5 nitrogen and oxygen atoms in total. The monoisotopic (exact) mass is 316 g/mol. The van der Waals surface area contributed by atoms with E-state index < -0.39 is 0 Å². The largest absolute Gasteiger partial charge is 0.349 e. The molecule has 5 heteroatoms. The smallest absolute Gasteiger partial charge is 0.251 e. The third-order valence-corrected chi connectivity index (χ3v) is 4.15. The van der Waals surface area contributed by atoms with Crippen molar-refractivity contribution in [1.29, 1.82) is 0 Å². The van der Waals surface area contributed by atoms with Crippen molar-refractivity contribution >= 4 is 17.6 Å². The van der Waals surface area contributed by atoms with E-state index in [1.807, 2.05) is 31.2 Å². The minimum absolute atomic E-state index is 0.0312. The van der Waals surface area contributed by atoms with E-state index in [1.165, 1.54) is 6.92 Å². The van der Waals surface area contributed by atoms with Crippen LogP contribution in [0.1, 0.15) is 48.5 Å². The van der Waals surface area contributed by atoms with Gasteiger partial charge in [0, 0.05) is 37.5 Å². The molecule has 1 aromatic carbocycles. The third kappa shape index (κ3) is 5.20. The van der Waals surface area contributed by atoms with Gasteiger partial charge in [-0.3, -0.25) is 9.59 Å². The van der Waals surface area contributed by atoms with Crippen LogP contribution in [0.25, 0.3) is 0 Å². The standard InChI is InChI=1S/C18H24N2O3/c1-13-4-3-5-15(12-13)18(23)19-16-8-10-20(11-9-16)17(22)7-6-14(2)21/h3-5,12,16H,6-11H2,1-2H3,(H,19,23). The van der Waals surface area contributed by atoms with Crippen LogP contribution in [0.2, 0.25) is 0 Å². The highest BCUT2D eigenvalue weighted by Gasteiger charge is 2.24. The molecule has 124 valence electrons. The predicted molar refractivity (Wildman–Crippen MR) is 88.2 cm³/mol. The molecular weight excluding hydrogens is 292 g/mol. The molecule has 0 atom stereocenters. The van der Waals surface area contributed by atoms with Gasteiger partial charge in [0.05, 0.1) is 0 Å². The first-order valence-corrected chi connectivity index (χ1v) is 8.10. The Morgan fingerprint density at radius 2 is 1.87 bits per heavy atom. The van der Waals surface area contributed by atoms with Gasteiger partial charge in [-0.25, -0.2) is 0 Å². The number of piperidine rings is 1. The summed E-state index contributed by atoms with van der Waals surface area (Å²) in [6, 6.07) is 7.61. The Morgan fingerprint density at radius 3 is 2.48 bits per heavy atom. The van der Waals surface area contributed by atoms with E-state index in [4.69, 9.17) is 0 Å². The van der Waals surface area contributed by atoms with Crippen molar-refractivity contribution in [2.24, 2.45) is 0 Å². The summed E-state index contributed by atoms with van der Waals surface area (Å²) in [5, 5.41) is 3.04. The maximum atomic E-state index is 12.2. The van der Waals surface area contributed by atoms with Gasteiger partial charge >= 0.3 is 0 Å². The fraction of sp³-hybridized carbons (Fsp3) is 0.500. The van der Waals surface area contributed by atoms with E-state index in [9.17, 15) is 14.4 Å². The molecule has 2 rings (SSSR count).